The molecular formula is C30H23B2ClF7N5O. The summed E-state index contributed by atoms with van der Waals surface area (Å²) in [4.78, 5) is 6.44. The average Bonchev–Trinajstić information content (AvgIpc) is 3.49. The van der Waals surface area contributed by atoms with Gasteiger partial charge in [-0.15, -0.1) is 0 Å². The number of hydrogen-bond acceptors (Lipinski definition) is 6. The summed E-state index contributed by atoms with van der Waals surface area (Å²) in [5.41, 5.74) is -1.27. The predicted molar refractivity (Wildman–Crippen MR) is 164 cm³/mol. The second-order valence-electron chi connectivity index (χ2n) is 11.6. The highest BCUT2D eigenvalue weighted by Gasteiger charge is 2.58. The summed E-state index contributed by atoms with van der Waals surface area (Å²) in [6, 6.07) is 4.06. The van der Waals surface area contributed by atoms with Gasteiger partial charge >= 0.3 is 6.18 Å². The van der Waals surface area contributed by atoms with E-state index in [2.05, 4.69) is 28.8 Å². The molecular weight excluding hydrogens is 636 g/mol. The lowest BCUT2D eigenvalue weighted by Crippen LogP contribution is -2.59. The van der Waals surface area contributed by atoms with E-state index >= 15 is 0 Å². The first-order valence-corrected chi connectivity index (χ1v) is 14.2. The summed E-state index contributed by atoms with van der Waals surface area (Å²) in [5.74, 6) is -3.96. The third kappa shape index (κ3) is 4.98. The summed E-state index contributed by atoms with van der Waals surface area (Å²) in [5, 5.41) is 15.6. The Bertz CT molecular complexity index is 1790. The van der Waals surface area contributed by atoms with Gasteiger partial charge in [0.1, 0.15) is 11.6 Å². The van der Waals surface area contributed by atoms with E-state index in [1.54, 1.807) is 0 Å². The zero-order valence-electron chi connectivity index (χ0n) is 24.0. The van der Waals surface area contributed by atoms with E-state index in [1.807, 2.05) is 0 Å². The largest absolute Gasteiger partial charge is 0.395 e. The van der Waals surface area contributed by atoms with Gasteiger partial charge in [0.05, 0.1) is 45.6 Å². The summed E-state index contributed by atoms with van der Waals surface area (Å²) in [6.07, 6.45) is -6.77. The van der Waals surface area contributed by atoms with Crippen molar-refractivity contribution in [3.8, 4) is 0 Å². The number of nitrogens with one attached hydrogen (secondary N) is 2. The van der Waals surface area contributed by atoms with Crippen molar-refractivity contribution in [3.63, 3.8) is 0 Å². The van der Waals surface area contributed by atoms with Gasteiger partial charge in [-0.3, -0.25) is 9.89 Å². The Morgan fingerprint density at radius 1 is 1.26 bits per heavy atom. The van der Waals surface area contributed by atoms with Crippen LogP contribution in [0.15, 0.2) is 71.7 Å². The molecule has 3 N–H and O–H groups in total. The number of guanidine groups is 1. The minimum Gasteiger partial charge on any atom is -0.374 e. The van der Waals surface area contributed by atoms with Crippen LogP contribution in [0.5, 0.6) is 0 Å². The van der Waals surface area contributed by atoms with Crippen molar-refractivity contribution in [2.24, 2.45) is 10.9 Å². The molecule has 6 nitrogen and oxygen atoms in total. The number of anilines is 3. The maximum atomic E-state index is 14.5. The lowest BCUT2D eigenvalue weighted by molar-refractivity contribution is -0.161. The molecule has 3 aliphatic heterocycles. The van der Waals surface area contributed by atoms with Crippen molar-refractivity contribution in [2.45, 2.75) is 43.1 Å². The topological polar surface area (TPSA) is 63.1 Å². The lowest BCUT2D eigenvalue weighted by atomic mass is 9.57. The van der Waals surface area contributed by atoms with Crippen molar-refractivity contribution in [1.82, 2.24) is 5.32 Å². The number of allylic oxidation sites excluding steroid dienone is 3. The molecule has 4 aliphatic rings. The van der Waals surface area contributed by atoms with E-state index in [1.165, 1.54) is 24.0 Å². The van der Waals surface area contributed by atoms with E-state index in [-0.39, 0.29) is 61.7 Å². The molecule has 0 amide bonds. The van der Waals surface area contributed by atoms with Crippen molar-refractivity contribution in [1.29, 1.82) is 0 Å². The van der Waals surface area contributed by atoms with Crippen LogP contribution in [0.2, 0.25) is 5.02 Å². The highest BCUT2D eigenvalue weighted by molar-refractivity contribution is 6.44. The number of aliphatic hydroxyl groups is 1. The van der Waals surface area contributed by atoms with Crippen molar-refractivity contribution < 1.29 is 35.8 Å². The summed E-state index contributed by atoms with van der Waals surface area (Å²) in [7, 11) is 12.2. The fraction of sp³-hybridized carbons (Fsp3) is 0.300. The molecule has 3 atom stereocenters. The molecule has 0 aromatic heterocycles. The molecule has 46 heavy (non-hydrogen) atoms. The number of rotatable bonds is 6. The number of halogens is 8. The van der Waals surface area contributed by atoms with Gasteiger partial charge in [0, 0.05) is 50.6 Å². The van der Waals surface area contributed by atoms with Crippen molar-refractivity contribution in [3.05, 3.63) is 94.2 Å². The zero-order valence-corrected chi connectivity index (χ0v) is 24.7. The Kier molecular flexibility index (Phi) is 7.40. The first kappa shape index (κ1) is 32.1. The van der Waals surface area contributed by atoms with Gasteiger partial charge < -0.3 is 20.6 Å². The minimum absolute atomic E-state index is 0.0744. The maximum absolute atomic E-state index is 14.5. The number of hydrogen-bond donors (Lipinski definition) is 3. The monoisotopic (exact) mass is 659 g/mol. The molecule has 4 radical (unpaired) electrons. The van der Waals surface area contributed by atoms with Crippen molar-refractivity contribution in [2.75, 3.05) is 21.7 Å². The summed E-state index contributed by atoms with van der Waals surface area (Å²) in [6.45, 7) is 8.23. The van der Waals surface area contributed by atoms with E-state index in [4.69, 9.17) is 27.3 Å². The van der Waals surface area contributed by atoms with Crippen LogP contribution in [-0.4, -0.2) is 57.0 Å². The van der Waals surface area contributed by atoms with Gasteiger partial charge in [0.25, 0.3) is 6.43 Å². The van der Waals surface area contributed by atoms with Gasteiger partial charge in [-0.1, -0.05) is 30.8 Å². The van der Waals surface area contributed by atoms with E-state index in [0.717, 1.165) is 29.2 Å². The van der Waals surface area contributed by atoms with Crippen molar-refractivity contribution >= 4 is 56.0 Å². The summed E-state index contributed by atoms with van der Waals surface area (Å²) < 4.78 is 97.6. The fourth-order valence-corrected chi connectivity index (χ4v) is 6.34. The third-order valence-corrected chi connectivity index (χ3v) is 8.76. The molecule has 3 heterocycles. The molecule has 2 aromatic carbocycles. The van der Waals surface area contributed by atoms with Gasteiger partial charge in [-0.2, -0.15) is 13.2 Å². The Morgan fingerprint density at radius 2 is 1.96 bits per heavy atom. The van der Waals surface area contributed by atoms with Crippen LogP contribution in [-0.2, 0) is 0 Å². The minimum atomic E-state index is -4.73. The molecule has 1 aliphatic carbocycles. The molecule has 0 bridgehead atoms. The number of nitrogens with zero attached hydrogens (tertiary/aromatic N) is 3. The van der Waals surface area contributed by atoms with Crippen LogP contribution >= 0.6 is 11.6 Å². The fourth-order valence-electron chi connectivity index (χ4n) is 6.12. The second kappa shape index (κ2) is 10.6. The molecule has 16 heteroatoms. The number of alkyl halides is 5. The van der Waals surface area contributed by atoms with Crippen LogP contribution in [0.3, 0.4) is 0 Å². The van der Waals surface area contributed by atoms with Crippen LogP contribution in [0.1, 0.15) is 36.1 Å². The molecule has 0 fully saturated rings. The molecule has 6 rings (SSSR count). The lowest BCUT2D eigenvalue weighted by Gasteiger charge is -2.39. The Labute approximate surface area is 266 Å². The number of benzene rings is 2. The molecule has 0 saturated heterocycles. The van der Waals surface area contributed by atoms with E-state index in [0.29, 0.717) is 0 Å². The zero-order chi connectivity index (χ0) is 33.7. The standard InChI is InChI=1S/C30H23B2ClF7N5O/c1-12(14-6-15(29(38,39)40)8-17(35)7-14)41-20-10-21-26(45-27(44(21)11-22(36)37)43-30(31,32)28(45,3)46)23-13(2)42-25(24(20)23)18-9-16(34)4-5-19(18)33/h4-7,9-10,15,22,25,41-42,46H,1-2,8,11H2,3H3. The first-order chi connectivity index (χ1) is 21.3. The smallest absolute Gasteiger partial charge is 0.374 e. The van der Waals surface area contributed by atoms with Gasteiger partial charge in [0.15, 0.2) is 5.72 Å². The molecule has 236 valence electrons. The molecule has 3 unspecified atom stereocenters. The van der Waals surface area contributed by atoms with Gasteiger partial charge in [0.2, 0.25) is 5.96 Å². The van der Waals surface area contributed by atoms with Gasteiger partial charge in [-0.05, 0) is 42.8 Å². The first-order valence-electron chi connectivity index (χ1n) is 13.8. The number of aliphatic imine (C=N–C) groups is 1. The average molecular weight is 660 g/mol. The second-order valence-corrected chi connectivity index (χ2v) is 12.0. The van der Waals surface area contributed by atoms with Crippen LogP contribution in [0, 0.1) is 11.7 Å². The Hall–Kier alpha value is -3.84. The van der Waals surface area contributed by atoms with Gasteiger partial charge in [-0.25, -0.2) is 17.6 Å². The molecule has 0 spiro atoms. The normalized spacial score (nSPS) is 24.7. The van der Waals surface area contributed by atoms with Crippen LogP contribution < -0.4 is 20.4 Å². The van der Waals surface area contributed by atoms with E-state index < -0.39 is 60.2 Å². The summed E-state index contributed by atoms with van der Waals surface area (Å²) >= 11 is 6.48. The van der Waals surface area contributed by atoms with Crippen LogP contribution in [0.4, 0.5) is 47.8 Å². The SMILES string of the molecule is [B]C1([B])N=C2N(CC(F)F)c3cc(NC(=C)C4=CC(C(F)(F)F)CC(F)=C4)c4c(c3N2C1(C)O)C(=C)NC4c1cc(F)ccc1Cl. The molecule has 2 aromatic rings. The molecule has 0 saturated carbocycles. The quantitative estimate of drug-likeness (QED) is 0.248. The predicted octanol–water partition coefficient (Wildman–Crippen LogP) is 6.39. The highest BCUT2D eigenvalue weighted by atomic mass is 35.5. The Morgan fingerprint density at radius 3 is 2.61 bits per heavy atom. The third-order valence-electron chi connectivity index (χ3n) is 8.42. The Balaban J connectivity index is 1.58. The van der Waals surface area contributed by atoms with E-state index in [9.17, 15) is 35.8 Å². The number of fused-ring (bicyclic) bond motifs is 5. The highest BCUT2D eigenvalue weighted by Crippen LogP contribution is 2.57. The van der Waals surface area contributed by atoms with Crippen LogP contribution in [0.25, 0.3) is 5.70 Å². The maximum Gasteiger partial charge on any atom is 0.395 e.